The fraction of sp³-hybridized carbons (Fsp3) is 0.450. The number of unbranched alkanes of at least 4 members (excludes halogenated alkanes) is 1. The van der Waals surface area contributed by atoms with Crippen molar-refractivity contribution in [1.29, 1.82) is 0 Å². The minimum Gasteiger partial charge on any atom is -0.511 e. The molecule has 130 valence electrons. The highest BCUT2D eigenvalue weighted by atomic mass is 16.7. The van der Waals surface area contributed by atoms with Crippen LogP contribution in [0.4, 0.5) is 0 Å². The number of rotatable bonds is 9. The van der Waals surface area contributed by atoms with Crippen LogP contribution < -0.4 is 0 Å². The number of allylic oxidation sites excluding steroid dienone is 2. The van der Waals surface area contributed by atoms with E-state index in [1.807, 2.05) is 13.0 Å². The molecule has 0 amide bonds. The van der Waals surface area contributed by atoms with Crippen LogP contribution in [0.2, 0.25) is 0 Å². The lowest BCUT2D eigenvalue weighted by atomic mass is 9.94. The SMILES string of the molecule is CCCCOC1(OCCC)C=CC(C(=O)c2ccccc2)=C(O)C1. The van der Waals surface area contributed by atoms with Gasteiger partial charge in [0.2, 0.25) is 0 Å². The summed E-state index contributed by atoms with van der Waals surface area (Å²) in [5.74, 6) is -1.16. The van der Waals surface area contributed by atoms with Gasteiger partial charge in [0.25, 0.3) is 0 Å². The summed E-state index contributed by atoms with van der Waals surface area (Å²) in [5.41, 5.74) is 0.855. The minimum absolute atomic E-state index is 0.0129. The number of hydrogen-bond acceptors (Lipinski definition) is 4. The Morgan fingerprint density at radius 3 is 2.46 bits per heavy atom. The highest BCUT2D eigenvalue weighted by molar-refractivity contribution is 6.11. The Morgan fingerprint density at radius 1 is 1.12 bits per heavy atom. The van der Waals surface area contributed by atoms with Crippen LogP contribution in [0.15, 0.2) is 53.8 Å². The van der Waals surface area contributed by atoms with E-state index in [1.165, 1.54) is 0 Å². The van der Waals surface area contributed by atoms with Crippen molar-refractivity contribution < 1.29 is 19.4 Å². The molecule has 2 rings (SSSR count). The zero-order valence-electron chi connectivity index (χ0n) is 14.5. The molecule has 0 radical (unpaired) electrons. The molecule has 1 aromatic carbocycles. The van der Waals surface area contributed by atoms with Crippen LogP contribution in [0.5, 0.6) is 0 Å². The third-order valence-electron chi connectivity index (χ3n) is 3.90. The van der Waals surface area contributed by atoms with Crippen LogP contribution in [-0.2, 0) is 9.47 Å². The summed E-state index contributed by atoms with van der Waals surface area (Å²) >= 11 is 0. The van der Waals surface area contributed by atoms with Crippen LogP contribution >= 0.6 is 0 Å². The Bertz CT molecular complexity index is 603. The summed E-state index contributed by atoms with van der Waals surface area (Å²) in [7, 11) is 0. The molecule has 0 bridgehead atoms. The Hall–Kier alpha value is -1.91. The van der Waals surface area contributed by atoms with Gasteiger partial charge in [-0.1, -0.05) is 50.6 Å². The summed E-state index contributed by atoms with van der Waals surface area (Å²) in [6.07, 6.45) is 6.33. The van der Waals surface area contributed by atoms with Crippen LogP contribution in [0.1, 0.15) is 49.9 Å². The molecule has 24 heavy (non-hydrogen) atoms. The quantitative estimate of drug-likeness (QED) is 0.409. The van der Waals surface area contributed by atoms with Gasteiger partial charge in [-0.25, -0.2) is 0 Å². The molecule has 0 spiro atoms. The molecular formula is C20H26O4. The maximum Gasteiger partial charge on any atom is 0.196 e. The fourth-order valence-corrected chi connectivity index (χ4v) is 2.55. The van der Waals surface area contributed by atoms with Crippen molar-refractivity contribution >= 4 is 5.78 Å². The first-order valence-electron chi connectivity index (χ1n) is 8.61. The smallest absolute Gasteiger partial charge is 0.196 e. The molecule has 1 aromatic rings. The number of hydrogen-bond donors (Lipinski definition) is 1. The van der Waals surface area contributed by atoms with Crippen molar-refractivity contribution in [2.24, 2.45) is 0 Å². The molecule has 1 aliphatic carbocycles. The third-order valence-corrected chi connectivity index (χ3v) is 3.90. The first-order chi connectivity index (χ1) is 11.6. The van der Waals surface area contributed by atoms with Gasteiger partial charge in [0.1, 0.15) is 5.76 Å². The van der Waals surface area contributed by atoms with Crippen molar-refractivity contribution in [3.8, 4) is 0 Å². The van der Waals surface area contributed by atoms with Gasteiger partial charge in [-0.3, -0.25) is 4.79 Å². The molecule has 1 aliphatic rings. The number of Topliss-reactive ketones (excluding diaryl/α,β-unsaturated/α-hetero) is 1. The number of aliphatic hydroxyl groups is 1. The second-order valence-electron chi connectivity index (χ2n) is 5.93. The maximum absolute atomic E-state index is 12.5. The summed E-state index contributed by atoms with van der Waals surface area (Å²) in [6.45, 7) is 5.20. The number of benzene rings is 1. The Morgan fingerprint density at radius 2 is 1.83 bits per heavy atom. The van der Waals surface area contributed by atoms with Gasteiger partial charge in [0.05, 0.1) is 25.2 Å². The van der Waals surface area contributed by atoms with E-state index in [-0.39, 0.29) is 18.0 Å². The van der Waals surface area contributed by atoms with Crippen molar-refractivity contribution in [2.75, 3.05) is 13.2 Å². The van der Waals surface area contributed by atoms with Crippen LogP contribution in [-0.4, -0.2) is 29.9 Å². The molecule has 0 saturated heterocycles. The molecule has 4 nitrogen and oxygen atoms in total. The van der Waals surface area contributed by atoms with Crippen molar-refractivity contribution in [1.82, 2.24) is 0 Å². The molecule has 0 aliphatic heterocycles. The Balaban J connectivity index is 2.16. The average molecular weight is 330 g/mol. The largest absolute Gasteiger partial charge is 0.511 e. The van der Waals surface area contributed by atoms with Crippen LogP contribution in [0.3, 0.4) is 0 Å². The lowest BCUT2D eigenvalue weighted by Crippen LogP contribution is -2.37. The van der Waals surface area contributed by atoms with Gasteiger partial charge in [0, 0.05) is 5.56 Å². The summed E-state index contributed by atoms with van der Waals surface area (Å²) in [4.78, 5) is 12.5. The van der Waals surface area contributed by atoms with E-state index in [0.717, 1.165) is 19.3 Å². The molecule has 0 fully saturated rings. The molecule has 1 unspecified atom stereocenters. The summed E-state index contributed by atoms with van der Waals surface area (Å²) < 4.78 is 11.8. The Labute approximate surface area is 143 Å². The molecule has 0 heterocycles. The number of ketones is 1. The normalized spacial score (nSPS) is 20.4. The second kappa shape index (κ2) is 8.81. The van der Waals surface area contributed by atoms with Gasteiger partial charge in [0.15, 0.2) is 11.6 Å². The monoisotopic (exact) mass is 330 g/mol. The predicted molar refractivity (Wildman–Crippen MR) is 94.0 cm³/mol. The lowest BCUT2D eigenvalue weighted by molar-refractivity contribution is -0.207. The van der Waals surface area contributed by atoms with Crippen LogP contribution in [0.25, 0.3) is 0 Å². The molecular weight excluding hydrogens is 304 g/mol. The van der Waals surface area contributed by atoms with Crippen LogP contribution in [0, 0.1) is 0 Å². The average Bonchev–Trinajstić information content (AvgIpc) is 2.61. The predicted octanol–water partition coefficient (Wildman–Crippen LogP) is 4.58. The zero-order chi connectivity index (χ0) is 17.4. The topological polar surface area (TPSA) is 55.8 Å². The summed E-state index contributed by atoms with van der Waals surface area (Å²) in [5, 5.41) is 10.4. The minimum atomic E-state index is -0.976. The highest BCUT2D eigenvalue weighted by Gasteiger charge is 2.35. The molecule has 0 saturated carbocycles. The zero-order valence-corrected chi connectivity index (χ0v) is 14.5. The van der Waals surface area contributed by atoms with Gasteiger partial charge < -0.3 is 14.6 Å². The summed E-state index contributed by atoms with van der Waals surface area (Å²) in [6, 6.07) is 8.94. The molecule has 4 heteroatoms. The first kappa shape index (κ1) is 18.4. The van der Waals surface area contributed by atoms with Crippen molar-refractivity contribution in [3.63, 3.8) is 0 Å². The number of carbonyl (C=O) groups excluding carboxylic acids is 1. The van der Waals surface area contributed by atoms with Gasteiger partial charge in [-0.15, -0.1) is 0 Å². The standard InChI is InChI=1S/C20H26O4/c1-3-5-14-24-20(23-13-4-2)12-11-17(18(21)15-20)19(22)16-9-7-6-8-10-16/h6-12,21H,3-5,13-15H2,1-2H3. The highest BCUT2D eigenvalue weighted by Crippen LogP contribution is 2.32. The number of ether oxygens (including phenoxy) is 2. The fourth-order valence-electron chi connectivity index (χ4n) is 2.55. The molecule has 1 N–H and O–H groups in total. The van der Waals surface area contributed by atoms with E-state index in [2.05, 4.69) is 6.92 Å². The number of carbonyl (C=O) groups is 1. The van der Waals surface area contributed by atoms with E-state index in [0.29, 0.717) is 24.4 Å². The van der Waals surface area contributed by atoms with E-state index in [4.69, 9.17) is 9.47 Å². The van der Waals surface area contributed by atoms with Crippen molar-refractivity contribution in [2.45, 2.75) is 45.3 Å². The van der Waals surface area contributed by atoms with Gasteiger partial charge >= 0.3 is 0 Å². The maximum atomic E-state index is 12.5. The first-order valence-corrected chi connectivity index (χ1v) is 8.61. The molecule has 0 aromatic heterocycles. The van der Waals surface area contributed by atoms with E-state index in [9.17, 15) is 9.90 Å². The van der Waals surface area contributed by atoms with E-state index < -0.39 is 5.79 Å². The Kier molecular flexibility index (Phi) is 6.76. The van der Waals surface area contributed by atoms with Gasteiger partial charge in [-0.05, 0) is 25.0 Å². The van der Waals surface area contributed by atoms with E-state index in [1.54, 1.807) is 36.4 Å². The third kappa shape index (κ3) is 4.56. The van der Waals surface area contributed by atoms with Gasteiger partial charge in [-0.2, -0.15) is 0 Å². The second-order valence-corrected chi connectivity index (χ2v) is 5.93. The number of aliphatic hydroxyl groups excluding tert-OH is 1. The van der Waals surface area contributed by atoms with E-state index >= 15 is 0 Å². The lowest BCUT2D eigenvalue weighted by Gasteiger charge is -2.33. The molecule has 1 atom stereocenters. The van der Waals surface area contributed by atoms with Crippen molar-refractivity contribution in [3.05, 3.63) is 59.4 Å².